The molecule has 2 fully saturated rings. The highest BCUT2D eigenvalue weighted by Gasteiger charge is 2.52. The topological polar surface area (TPSA) is 111 Å². The molecule has 0 unspecified atom stereocenters. The number of benzene rings is 2. The van der Waals surface area contributed by atoms with Crippen LogP contribution in [-0.2, 0) is 16.0 Å². The van der Waals surface area contributed by atoms with E-state index in [1.165, 1.54) is 0 Å². The van der Waals surface area contributed by atoms with Gasteiger partial charge >= 0.3 is 6.09 Å². The van der Waals surface area contributed by atoms with Gasteiger partial charge in [0.2, 0.25) is 5.91 Å². The van der Waals surface area contributed by atoms with E-state index in [1.54, 1.807) is 4.90 Å². The Morgan fingerprint density at radius 1 is 1.12 bits per heavy atom. The van der Waals surface area contributed by atoms with E-state index in [0.29, 0.717) is 6.42 Å². The number of piperidine rings is 1. The molecule has 0 aromatic heterocycles. The lowest BCUT2D eigenvalue weighted by Crippen LogP contribution is -2.57. The number of nitrogen functional groups attached to an aromatic ring is 1. The van der Waals surface area contributed by atoms with Gasteiger partial charge in [-0.25, -0.2) is 4.79 Å². The number of nitrogens with one attached hydrogen (secondary N) is 1. The van der Waals surface area contributed by atoms with E-state index in [-0.39, 0.29) is 17.9 Å². The second-order valence-corrected chi connectivity index (χ2v) is 10.2. The summed E-state index contributed by atoms with van der Waals surface area (Å²) >= 11 is 0. The molecule has 2 bridgehead atoms. The summed E-state index contributed by atoms with van der Waals surface area (Å²) in [5, 5.41) is 2.93. The zero-order chi connectivity index (χ0) is 23.8. The minimum absolute atomic E-state index is 0.0661. The van der Waals surface area contributed by atoms with E-state index in [0.717, 1.165) is 41.6 Å². The van der Waals surface area contributed by atoms with E-state index < -0.39 is 23.9 Å². The first-order chi connectivity index (χ1) is 15.6. The highest BCUT2D eigenvalue weighted by molar-refractivity contribution is 5.87. The molecule has 33 heavy (non-hydrogen) atoms. The molecule has 4 atom stereocenters. The smallest absolute Gasteiger partial charge is 0.411 e. The van der Waals surface area contributed by atoms with Crippen LogP contribution in [-0.4, -0.2) is 40.8 Å². The van der Waals surface area contributed by atoms with Gasteiger partial charge in [0.15, 0.2) is 0 Å². The number of hydrogen-bond donors (Lipinski definition) is 3. The van der Waals surface area contributed by atoms with Crippen LogP contribution >= 0.6 is 0 Å². The van der Waals surface area contributed by atoms with E-state index in [1.807, 2.05) is 69.3 Å². The van der Waals surface area contributed by atoms with E-state index in [2.05, 4.69) is 5.32 Å². The number of hydrogen-bond acceptors (Lipinski definition) is 5. The van der Waals surface area contributed by atoms with Gasteiger partial charge in [0.1, 0.15) is 11.6 Å². The van der Waals surface area contributed by atoms with Crippen LogP contribution in [0.1, 0.15) is 45.6 Å². The summed E-state index contributed by atoms with van der Waals surface area (Å²) in [5.41, 5.74) is 15.4. The van der Waals surface area contributed by atoms with Crippen LogP contribution in [0.15, 0.2) is 48.5 Å². The van der Waals surface area contributed by atoms with Crippen LogP contribution in [0.3, 0.4) is 0 Å². The van der Waals surface area contributed by atoms with E-state index >= 15 is 0 Å². The minimum Gasteiger partial charge on any atom is -0.444 e. The van der Waals surface area contributed by atoms with Crippen molar-refractivity contribution in [1.29, 1.82) is 0 Å². The average Bonchev–Trinajstić information content (AvgIpc) is 3.34. The van der Waals surface area contributed by atoms with Crippen LogP contribution in [0.4, 0.5) is 10.5 Å². The SMILES string of the molecule is CC(C)(C)OC(=O)N1[C@@H]2CC[C@@H](C2)[C@H]1C(=O)N[C@H](N)Cc1ccc(-c2cccc(N)c2)cc1. The second kappa shape index (κ2) is 9.06. The second-order valence-electron chi connectivity index (χ2n) is 10.2. The Morgan fingerprint density at radius 3 is 2.52 bits per heavy atom. The third kappa shape index (κ3) is 5.30. The maximum absolute atomic E-state index is 13.1. The van der Waals surface area contributed by atoms with Gasteiger partial charge in [-0.3, -0.25) is 9.69 Å². The molecule has 4 rings (SSSR count). The molecule has 1 aliphatic heterocycles. The molecule has 2 amide bonds. The number of nitrogens with zero attached hydrogens (tertiary/aromatic N) is 1. The van der Waals surface area contributed by atoms with Crippen molar-refractivity contribution in [1.82, 2.24) is 10.2 Å². The first kappa shape index (κ1) is 23.1. The van der Waals surface area contributed by atoms with Crippen molar-refractivity contribution in [3.63, 3.8) is 0 Å². The van der Waals surface area contributed by atoms with Crippen LogP contribution in [0.5, 0.6) is 0 Å². The highest BCUT2D eigenvalue weighted by Crippen LogP contribution is 2.43. The molecule has 1 aliphatic carbocycles. The number of rotatable bonds is 5. The van der Waals surface area contributed by atoms with Crippen molar-refractivity contribution in [2.45, 2.75) is 70.3 Å². The Labute approximate surface area is 195 Å². The van der Waals surface area contributed by atoms with Gasteiger partial charge < -0.3 is 21.5 Å². The van der Waals surface area contributed by atoms with Crippen LogP contribution in [0, 0.1) is 5.92 Å². The zero-order valence-corrected chi connectivity index (χ0v) is 19.6. The molecular formula is C26H34N4O3. The fraction of sp³-hybridized carbons (Fsp3) is 0.462. The lowest BCUT2D eigenvalue weighted by molar-refractivity contribution is -0.128. The Morgan fingerprint density at radius 2 is 1.85 bits per heavy atom. The number of likely N-dealkylation sites (tertiary alicyclic amines) is 1. The van der Waals surface area contributed by atoms with Crippen molar-refractivity contribution in [2.24, 2.45) is 11.7 Å². The molecule has 2 aliphatic rings. The lowest BCUT2D eigenvalue weighted by atomic mass is 9.97. The first-order valence-corrected chi connectivity index (χ1v) is 11.6. The zero-order valence-electron chi connectivity index (χ0n) is 19.6. The van der Waals surface area contributed by atoms with Gasteiger partial charge in [-0.15, -0.1) is 0 Å². The molecule has 1 saturated heterocycles. The maximum Gasteiger partial charge on any atom is 0.411 e. The van der Waals surface area contributed by atoms with Crippen molar-refractivity contribution >= 4 is 17.7 Å². The largest absolute Gasteiger partial charge is 0.444 e. The standard InChI is InChI=1S/C26H34N4O3/c1-26(2,3)33-25(32)30-21-12-11-19(15-21)23(30)24(31)29-22(28)13-16-7-9-17(10-8-16)18-5-4-6-20(27)14-18/h4-10,14,19,21-23H,11-13,15,27-28H2,1-3H3,(H,29,31)/t19-,21+,22-,23-/m0/s1. The molecule has 7 nitrogen and oxygen atoms in total. The quantitative estimate of drug-likeness (QED) is 0.475. The van der Waals surface area contributed by atoms with Gasteiger partial charge in [0, 0.05) is 18.2 Å². The molecular weight excluding hydrogens is 416 g/mol. The number of amides is 2. The van der Waals surface area contributed by atoms with Crippen LogP contribution in [0.2, 0.25) is 0 Å². The number of fused-ring (bicyclic) bond motifs is 2. The summed E-state index contributed by atoms with van der Waals surface area (Å²) < 4.78 is 5.58. The molecule has 1 saturated carbocycles. The molecule has 176 valence electrons. The Kier molecular flexibility index (Phi) is 6.34. The van der Waals surface area contributed by atoms with Gasteiger partial charge in [-0.05, 0) is 74.8 Å². The number of anilines is 1. The monoisotopic (exact) mass is 450 g/mol. The molecule has 2 aromatic carbocycles. The number of nitrogens with two attached hydrogens (primary N) is 2. The molecule has 7 heteroatoms. The summed E-state index contributed by atoms with van der Waals surface area (Å²) in [6, 6.07) is 15.4. The van der Waals surface area contributed by atoms with Crippen molar-refractivity contribution < 1.29 is 14.3 Å². The molecule has 2 aromatic rings. The fourth-order valence-electron chi connectivity index (χ4n) is 5.03. The first-order valence-electron chi connectivity index (χ1n) is 11.6. The highest BCUT2D eigenvalue weighted by atomic mass is 16.6. The van der Waals surface area contributed by atoms with Gasteiger partial charge in [-0.1, -0.05) is 36.4 Å². The van der Waals surface area contributed by atoms with E-state index in [4.69, 9.17) is 16.2 Å². The summed E-state index contributed by atoms with van der Waals surface area (Å²) in [6.07, 6.45) is 2.24. The van der Waals surface area contributed by atoms with Crippen LogP contribution < -0.4 is 16.8 Å². The van der Waals surface area contributed by atoms with Crippen molar-refractivity contribution in [3.05, 3.63) is 54.1 Å². The van der Waals surface area contributed by atoms with Gasteiger partial charge in [0.25, 0.3) is 0 Å². The number of ether oxygens (including phenoxy) is 1. The molecule has 0 radical (unpaired) electrons. The maximum atomic E-state index is 13.1. The molecule has 1 heterocycles. The third-order valence-electron chi connectivity index (χ3n) is 6.42. The third-order valence-corrected chi connectivity index (χ3v) is 6.42. The summed E-state index contributed by atoms with van der Waals surface area (Å²) in [7, 11) is 0. The lowest BCUT2D eigenvalue weighted by Gasteiger charge is -2.36. The number of carbonyl (C=O) groups is 2. The summed E-state index contributed by atoms with van der Waals surface area (Å²) in [5.74, 6) is -0.0377. The number of carbonyl (C=O) groups excluding carboxylic acids is 2. The van der Waals surface area contributed by atoms with Crippen molar-refractivity contribution in [3.8, 4) is 11.1 Å². The van der Waals surface area contributed by atoms with E-state index in [9.17, 15) is 9.59 Å². The van der Waals surface area contributed by atoms with Gasteiger partial charge in [-0.2, -0.15) is 0 Å². The Hall–Kier alpha value is -3.06. The predicted octanol–water partition coefficient (Wildman–Crippen LogP) is 3.67. The van der Waals surface area contributed by atoms with Crippen molar-refractivity contribution in [2.75, 3.05) is 5.73 Å². The minimum atomic E-state index is -0.603. The fourth-order valence-corrected chi connectivity index (χ4v) is 5.03. The summed E-state index contributed by atoms with van der Waals surface area (Å²) in [4.78, 5) is 27.6. The predicted molar refractivity (Wildman–Crippen MR) is 129 cm³/mol. The average molecular weight is 451 g/mol. The molecule has 5 N–H and O–H groups in total. The Bertz CT molecular complexity index is 1010. The van der Waals surface area contributed by atoms with Gasteiger partial charge in [0.05, 0.1) is 6.17 Å². The normalized spacial score (nSPS) is 22.8. The molecule has 0 spiro atoms. The summed E-state index contributed by atoms with van der Waals surface area (Å²) in [6.45, 7) is 5.51. The Balaban J connectivity index is 1.38. The van der Waals surface area contributed by atoms with Crippen LogP contribution in [0.25, 0.3) is 11.1 Å².